The van der Waals surface area contributed by atoms with Crippen LogP contribution in [0.3, 0.4) is 0 Å². The van der Waals surface area contributed by atoms with Crippen LogP contribution in [0.4, 0.5) is 0 Å². The van der Waals surface area contributed by atoms with Gasteiger partial charge in [-0.15, -0.1) is 6.58 Å². The molecule has 0 aromatic heterocycles. The summed E-state index contributed by atoms with van der Waals surface area (Å²) in [5.74, 6) is 0. The molecular formula is C14H21N. The molecular weight excluding hydrogens is 182 g/mol. The van der Waals surface area contributed by atoms with Gasteiger partial charge in [0.15, 0.2) is 0 Å². The summed E-state index contributed by atoms with van der Waals surface area (Å²) >= 11 is 0. The first-order valence-corrected chi connectivity index (χ1v) is 5.77. The summed E-state index contributed by atoms with van der Waals surface area (Å²) < 4.78 is 0. The predicted octanol–water partition coefficient (Wildman–Crippen LogP) is 3.30. The molecule has 0 aliphatic heterocycles. The third-order valence-electron chi connectivity index (χ3n) is 2.58. The minimum atomic E-state index is 0.987. The quantitative estimate of drug-likeness (QED) is 0.529. The van der Waals surface area contributed by atoms with Crippen LogP contribution >= 0.6 is 0 Å². The average Bonchev–Trinajstić information content (AvgIpc) is 2.29. The van der Waals surface area contributed by atoms with Crippen molar-refractivity contribution in [2.45, 2.75) is 32.7 Å². The molecule has 0 bridgehead atoms. The Kier molecular flexibility index (Phi) is 5.79. The molecule has 0 fully saturated rings. The summed E-state index contributed by atoms with van der Waals surface area (Å²) in [6.45, 7) is 7.98. The van der Waals surface area contributed by atoms with Crippen molar-refractivity contribution in [3.63, 3.8) is 0 Å². The first-order valence-electron chi connectivity index (χ1n) is 5.77. The van der Waals surface area contributed by atoms with Gasteiger partial charge >= 0.3 is 0 Å². The van der Waals surface area contributed by atoms with E-state index >= 15 is 0 Å². The lowest BCUT2D eigenvalue weighted by Crippen LogP contribution is -2.15. The van der Waals surface area contributed by atoms with E-state index in [-0.39, 0.29) is 0 Å². The molecule has 15 heavy (non-hydrogen) atoms. The number of allylic oxidation sites excluding steroid dienone is 1. The van der Waals surface area contributed by atoms with Gasteiger partial charge in [-0.05, 0) is 36.9 Å². The van der Waals surface area contributed by atoms with Gasteiger partial charge in [-0.1, -0.05) is 37.3 Å². The molecule has 1 aromatic rings. The Hall–Kier alpha value is -1.08. The van der Waals surface area contributed by atoms with E-state index in [2.05, 4.69) is 43.1 Å². The Balaban J connectivity index is 2.33. The molecule has 0 amide bonds. The van der Waals surface area contributed by atoms with Crippen LogP contribution in [0.2, 0.25) is 0 Å². The zero-order valence-electron chi connectivity index (χ0n) is 9.63. The van der Waals surface area contributed by atoms with E-state index in [1.54, 1.807) is 0 Å². The fourth-order valence-corrected chi connectivity index (χ4v) is 1.67. The first kappa shape index (κ1) is 12.0. The van der Waals surface area contributed by atoms with E-state index in [4.69, 9.17) is 0 Å². The number of benzene rings is 1. The van der Waals surface area contributed by atoms with E-state index in [1.165, 1.54) is 17.5 Å². The van der Waals surface area contributed by atoms with Gasteiger partial charge in [0.05, 0.1) is 0 Å². The van der Waals surface area contributed by atoms with Gasteiger partial charge in [-0.3, -0.25) is 0 Å². The molecule has 0 aliphatic carbocycles. The molecule has 1 nitrogen and oxygen atoms in total. The standard InChI is InChI=1S/C14H21N/c1-3-5-8-11-15-12-14-10-7-6-9-13(14)4-2/h3,6-7,9-10,15H,1,4-5,8,11-12H2,2H3. The fourth-order valence-electron chi connectivity index (χ4n) is 1.67. The first-order chi connectivity index (χ1) is 7.38. The second kappa shape index (κ2) is 7.24. The lowest BCUT2D eigenvalue weighted by Gasteiger charge is -2.08. The highest BCUT2D eigenvalue weighted by molar-refractivity contribution is 5.26. The van der Waals surface area contributed by atoms with Crippen LogP contribution in [-0.4, -0.2) is 6.54 Å². The van der Waals surface area contributed by atoms with Gasteiger partial charge in [-0.2, -0.15) is 0 Å². The summed E-state index contributed by atoms with van der Waals surface area (Å²) in [4.78, 5) is 0. The highest BCUT2D eigenvalue weighted by Gasteiger charge is 1.97. The number of aryl methyl sites for hydroxylation is 1. The van der Waals surface area contributed by atoms with E-state index in [0.29, 0.717) is 0 Å². The summed E-state index contributed by atoms with van der Waals surface area (Å²) in [5.41, 5.74) is 2.88. The third-order valence-corrected chi connectivity index (χ3v) is 2.58. The minimum absolute atomic E-state index is 0.987. The lowest BCUT2D eigenvalue weighted by atomic mass is 10.1. The zero-order chi connectivity index (χ0) is 10.9. The molecule has 0 atom stereocenters. The largest absolute Gasteiger partial charge is 0.313 e. The van der Waals surface area contributed by atoms with E-state index in [9.17, 15) is 0 Å². The molecule has 0 spiro atoms. The number of rotatable bonds is 7. The molecule has 0 saturated carbocycles. The maximum Gasteiger partial charge on any atom is 0.0208 e. The van der Waals surface area contributed by atoms with E-state index in [0.717, 1.165) is 25.9 Å². The molecule has 0 aliphatic rings. The summed E-state index contributed by atoms with van der Waals surface area (Å²) in [6, 6.07) is 8.64. The van der Waals surface area contributed by atoms with Gasteiger partial charge in [0.2, 0.25) is 0 Å². The van der Waals surface area contributed by atoms with Gasteiger partial charge in [0, 0.05) is 6.54 Å². The van der Waals surface area contributed by atoms with Crippen molar-refractivity contribution in [2.75, 3.05) is 6.54 Å². The van der Waals surface area contributed by atoms with Crippen molar-refractivity contribution in [2.24, 2.45) is 0 Å². The van der Waals surface area contributed by atoms with Crippen LogP contribution in [0.1, 0.15) is 30.9 Å². The third kappa shape index (κ3) is 4.30. The Morgan fingerprint density at radius 1 is 1.27 bits per heavy atom. The Labute approximate surface area is 93.2 Å². The van der Waals surface area contributed by atoms with Crippen LogP contribution < -0.4 is 5.32 Å². The molecule has 82 valence electrons. The van der Waals surface area contributed by atoms with Gasteiger partial charge < -0.3 is 5.32 Å². The Morgan fingerprint density at radius 3 is 2.67 bits per heavy atom. The second-order valence-electron chi connectivity index (χ2n) is 3.73. The van der Waals surface area contributed by atoms with Crippen LogP contribution in [0, 0.1) is 0 Å². The Morgan fingerprint density at radius 2 is 2.00 bits per heavy atom. The van der Waals surface area contributed by atoms with Crippen molar-refractivity contribution < 1.29 is 0 Å². The fraction of sp³-hybridized carbons (Fsp3) is 0.429. The molecule has 1 heteroatoms. The topological polar surface area (TPSA) is 12.0 Å². The predicted molar refractivity (Wildman–Crippen MR) is 67.0 cm³/mol. The highest BCUT2D eigenvalue weighted by atomic mass is 14.8. The molecule has 0 radical (unpaired) electrons. The average molecular weight is 203 g/mol. The number of nitrogens with one attached hydrogen (secondary N) is 1. The van der Waals surface area contributed by atoms with Gasteiger partial charge in [-0.25, -0.2) is 0 Å². The van der Waals surface area contributed by atoms with Crippen molar-refractivity contribution in [1.82, 2.24) is 5.32 Å². The van der Waals surface area contributed by atoms with Crippen molar-refractivity contribution in [1.29, 1.82) is 0 Å². The maximum atomic E-state index is 3.72. The zero-order valence-corrected chi connectivity index (χ0v) is 9.63. The Bertz CT molecular complexity index is 291. The normalized spacial score (nSPS) is 10.2. The van der Waals surface area contributed by atoms with Gasteiger partial charge in [0.25, 0.3) is 0 Å². The smallest absolute Gasteiger partial charge is 0.0208 e. The van der Waals surface area contributed by atoms with Crippen LogP contribution in [0.15, 0.2) is 36.9 Å². The number of hydrogen-bond donors (Lipinski definition) is 1. The van der Waals surface area contributed by atoms with Crippen LogP contribution in [0.5, 0.6) is 0 Å². The molecule has 1 N–H and O–H groups in total. The van der Waals surface area contributed by atoms with Crippen LogP contribution in [-0.2, 0) is 13.0 Å². The van der Waals surface area contributed by atoms with Crippen molar-refractivity contribution >= 4 is 0 Å². The van der Waals surface area contributed by atoms with E-state index in [1.807, 2.05) is 6.08 Å². The lowest BCUT2D eigenvalue weighted by molar-refractivity contribution is 0.652. The number of unbranched alkanes of at least 4 members (excludes halogenated alkanes) is 1. The minimum Gasteiger partial charge on any atom is -0.313 e. The summed E-state index contributed by atoms with van der Waals surface area (Å²) in [7, 11) is 0. The number of hydrogen-bond acceptors (Lipinski definition) is 1. The monoisotopic (exact) mass is 203 g/mol. The van der Waals surface area contributed by atoms with Crippen molar-refractivity contribution in [3.05, 3.63) is 48.0 Å². The molecule has 1 rings (SSSR count). The maximum absolute atomic E-state index is 3.72. The molecule has 0 unspecified atom stereocenters. The molecule has 0 heterocycles. The molecule has 0 saturated heterocycles. The summed E-state index contributed by atoms with van der Waals surface area (Å²) in [5, 5.41) is 3.46. The SMILES string of the molecule is C=CCCCNCc1ccccc1CC. The second-order valence-corrected chi connectivity index (χ2v) is 3.73. The van der Waals surface area contributed by atoms with Crippen LogP contribution in [0.25, 0.3) is 0 Å². The highest BCUT2D eigenvalue weighted by Crippen LogP contribution is 2.08. The van der Waals surface area contributed by atoms with Crippen molar-refractivity contribution in [3.8, 4) is 0 Å². The van der Waals surface area contributed by atoms with E-state index < -0.39 is 0 Å². The molecule has 1 aromatic carbocycles. The summed E-state index contributed by atoms with van der Waals surface area (Å²) in [6.07, 6.45) is 5.37. The van der Waals surface area contributed by atoms with Gasteiger partial charge in [0.1, 0.15) is 0 Å².